The maximum absolute atomic E-state index is 14.0. The molecule has 0 fully saturated rings. The fraction of sp³-hybridized carbons (Fsp3) is 0.179. The van der Waals surface area contributed by atoms with E-state index in [2.05, 4.69) is 53.7 Å². The molecule has 0 saturated heterocycles. The number of allylic oxidation sites excluding steroid dienone is 2. The van der Waals surface area contributed by atoms with Crippen molar-refractivity contribution in [2.75, 3.05) is 17.7 Å². The molecule has 2 aromatic heterocycles. The zero-order valence-electron chi connectivity index (χ0n) is 20.2. The number of carbonyl (C=O) groups excluding carboxylic acids is 1. The van der Waals surface area contributed by atoms with Crippen LogP contribution in [0.15, 0.2) is 64.9 Å². The van der Waals surface area contributed by atoms with Crippen molar-refractivity contribution in [1.29, 1.82) is 0 Å². The average molecular weight is 538 g/mol. The van der Waals surface area contributed by atoms with Crippen molar-refractivity contribution in [3.8, 4) is 11.1 Å². The second kappa shape index (κ2) is 9.30. The van der Waals surface area contributed by atoms with Gasteiger partial charge in [0, 0.05) is 45.8 Å². The van der Waals surface area contributed by atoms with Gasteiger partial charge in [0.1, 0.15) is 17.3 Å². The summed E-state index contributed by atoms with van der Waals surface area (Å²) in [5, 5.41) is 0. The number of pyridine rings is 1. The van der Waals surface area contributed by atoms with Gasteiger partial charge < -0.3 is 15.0 Å². The Bertz CT molecular complexity index is 1500. The molecule has 2 heterocycles. The van der Waals surface area contributed by atoms with Crippen LogP contribution in [0.5, 0.6) is 0 Å². The topological polar surface area (TPSA) is 50.7 Å². The Labute approximate surface area is 211 Å². The van der Waals surface area contributed by atoms with Gasteiger partial charge in [0.15, 0.2) is 0 Å². The number of aromatic nitrogens is 1. The monoisotopic (exact) mass is 537 g/mol. The molecule has 0 aliphatic rings. The van der Waals surface area contributed by atoms with Crippen molar-refractivity contribution in [3.63, 3.8) is 0 Å². The number of hydrogen-bond donors (Lipinski definition) is 1. The highest BCUT2D eigenvalue weighted by Gasteiger charge is 2.21. The molecule has 0 spiro atoms. The average Bonchev–Trinajstić information content (AvgIpc) is 3.28. The molecule has 0 bridgehead atoms. The van der Waals surface area contributed by atoms with E-state index in [1.54, 1.807) is 16.7 Å². The first kappa shape index (κ1) is 24.7. The molecular weight excluding hydrogens is 512 g/mol. The number of benzene rings is 2. The molecule has 0 atom stereocenters. The maximum atomic E-state index is 14.0. The molecule has 0 unspecified atom stereocenters. The minimum Gasteiger partial charge on any atom is -0.394 e. The molecule has 0 saturated carbocycles. The second-order valence-electron chi connectivity index (χ2n) is 8.59. The largest absolute Gasteiger partial charge is 0.394 e. The summed E-state index contributed by atoms with van der Waals surface area (Å²) < 4.78 is 30.7. The lowest BCUT2D eigenvalue weighted by molar-refractivity contribution is 0.103. The van der Waals surface area contributed by atoms with Crippen LogP contribution in [0.25, 0.3) is 16.6 Å². The summed E-state index contributed by atoms with van der Waals surface area (Å²) >= 11 is 3.82. The number of rotatable bonds is 5. The number of aryl methyl sites for hydroxylation is 1. The lowest BCUT2D eigenvalue weighted by Gasteiger charge is -2.25. The predicted octanol–water partition coefficient (Wildman–Crippen LogP) is 7.44. The highest BCUT2D eigenvalue weighted by molar-refractivity contribution is 9.10. The van der Waals surface area contributed by atoms with E-state index in [4.69, 9.17) is 5.73 Å². The number of nitrogens with two attached hydrogens (primary N) is 1. The lowest BCUT2D eigenvalue weighted by Crippen LogP contribution is -2.16. The molecule has 4 nitrogen and oxygen atoms in total. The van der Waals surface area contributed by atoms with E-state index in [1.807, 2.05) is 32.2 Å². The summed E-state index contributed by atoms with van der Waals surface area (Å²) in [6.07, 6.45) is 3.83. The van der Waals surface area contributed by atoms with Gasteiger partial charge in [0.05, 0.1) is 11.2 Å². The Morgan fingerprint density at radius 2 is 1.77 bits per heavy atom. The van der Waals surface area contributed by atoms with Gasteiger partial charge in [0.2, 0.25) is 5.78 Å². The first-order valence-corrected chi connectivity index (χ1v) is 11.9. The van der Waals surface area contributed by atoms with Gasteiger partial charge in [-0.3, -0.25) is 4.79 Å². The van der Waals surface area contributed by atoms with E-state index in [9.17, 15) is 13.6 Å². The number of hydrogen-bond acceptors (Lipinski definition) is 3. The van der Waals surface area contributed by atoms with Crippen LogP contribution < -0.4 is 10.6 Å². The summed E-state index contributed by atoms with van der Waals surface area (Å²) in [6, 6.07) is 11.5. The van der Waals surface area contributed by atoms with Crippen LogP contribution in [-0.2, 0) is 0 Å². The molecule has 0 amide bonds. The van der Waals surface area contributed by atoms with Crippen molar-refractivity contribution in [1.82, 2.24) is 4.40 Å². The summed E-state index contributed by atoms with van der Waals surface area (Å²) in [5.74, 6) is -2.41. The number of anilines is 2. The summed E-state index contributed by atoms with van der Waals surface area (Å²) in [5.41, 5.74) is 12.1. The zero-order valence-corrected chi connectivity index (χ0v) is 21.8. The lowest BCUT2D eigenvalue weighted by atomic mass is 9.96. The summed E-state index contributed by atoms with van der Waals surface area (Å²) in [7, 11) is 2.04. The van der Waals surface area contributed by atoms with E-state index in [1.165, 1.54) is 0 Å². The van der Waals surface area contributed by atoms with Crippen molar-refractivity contribution in [2.24, 2.45) is 0 Å². The normalized spacial score (nSPS) is 11.8. The standard InChI is InChI=1S/C28H26BrF2N3O/c1-6-16(3)33(5)24-12-15(2)25(26(29)17(24)4)19-8-7-11-34-22(19)9-10-23(34)28(35)18-13-20(30)27(32)21(31)14-18/h6-14H,32H2,1-5H3/b16-6-. The Balaban J connectivity index is 1.86. The fourth-order valence-electron chi connectivity index (χ4n) is 4.32. The minimum absolute atomic E-state index is 0.0976. The van der Waals surface area contributed by atoms with Gasteiger partial charge >= 0.3 is 0 Å². The van der Waals surface area contributed by atoms with Gasteiger partial charge in [-0.2, -0.15) is 0 Å². The number of nitrogens with zero attached hydrogens (tertiary/aromatic N) is 2. The third kappa shape index (κ3) is 4.14. The van der Waals surface area contributed by atoms with Crippen LogP contribution in [0, 0.1) is 25.5 Å². The minimum atomic E-state index is -0.955. The van der Waals surface area contributed by atoms with Crippen LogP contribution in [-0.4, -0.2) is 17.2 Å². The number of carbonyl (C=O) groups is 1. The molecular formula is C28H26BrF2N3O. The van der Waals surface area contributed by atoms with E-state index in [0.717, 1.165) is 55.8 Å². The molecule has 7 heteroatoms. The number of ketones is 1. The number of halogens is 3. The predicted molar refractivity (Wildman–Crippen MR) is 142 cm³/mol. The van der Waals surface area contributed by atoms with Gasteiger partial charge in [-0.25, -0.2) is 8.78 Å². The molecule has 4 rings (SSSR count). The van der Waals surface area contributed by atoms with Gasteiger partial charge in [0.25, 0.3) is 0 Å². The SMILES string of the molecule is C/C=C(/C)N(C)c1cc(C)c(-c2cccn3c(C(=O)c4cc(F)c(N)c(F)c4)ccc23)c(Br)c1C. The van der Waals surface area contributed by atoms with Crippen LogP contribution in [0.3, 0.4) is 0 Å². The quantitative estimate of drug-likeness (QED) is 0.212. The molecule has 2 N–H and O–H groups in total. The third-order valence-electron chi connectivity index (χ3n) is 6.52. The molecule has 4 aromatic rings. The Kier molecular flexibility index (Phi) is 6.56. The number of nitrogen functional groups attached to an aromatic ring is 1. The zero-order chi connectivity index (χ0) is 25.6. The van der Waals surface area contributed by atoms with Gasteiger partial charge in [-0.1, -0.05) is 12.1 Å². The first-order chi connectivity index (χ1) is 16.6. The highest BCUT2D eigenvalue weighted by atomic mass is 79.9. The Hall–Kier alpha value is -3.45. The van der Waals surface area contributed by atoms with Crippen molar-refractivity contribution in [2.45, 2.75) is 27.7 Å². The van der Waals surface area contributed by atoms with Gasteiger partial charge in [-0.15, -0.1) is 0 Å². The Morgan fingerprint density at radius 1 is 1.11 bits per heavy atom. The Morgan fingerprint density at radius 3 is 2.40 bits per heavy atom. The van der Waals surface area contributed by atoms with Crippen LogP contribution in [0.1, 0.15) is 41.0 Å². The molecule has 0 aliphatic heterocycles. The molecule has 35 heavy (non-hydrogen) atoms. The summed E-state index contributed by atoms with van der Waals surface area (Å²) in [4.78, 5) is 15.3. The van der Waals surface area contributed by atoms with Crippen LogP contribution in [0.2, 0.25) is 0 Å². The summed E-state index contributed by atoms with van der Waals surface area (Å²) in [6.45, 7) is 8.20. The van der Waals surface area contributed by atoms with Crippen LogP contribution in [0.4, 0.5) is 20.2 Å². The molecule has 180 valence electrons. The van der Waals surface area contributed by atoms with Crippen LogP contribution >= 0.6 is 15.9 Å². The third-order valence-corrected chi connectivity index (χ3v) is 7.52. The van der Waals surface area contributed by atoms with Crippen molar-refractivity contribution >= 4 is 38.6 Å². The van der Waals surface area contributed by atoms with E-state index in [0.29, 0.717) is 5.69 Å². The van der Waals surface area contributed by atoms with Crippen molar-refractivity contribution < 1.29 is 13.6 Å². The highest BCUT2D eigenvalue weighted by Crippen LogP contribution is 2.41. The molecule has 2 aromatic carbocycles. The number of fused-ring (bicyclic) bond motifs is 1. The molecule has 0 radical (unpaired) electrons. The second-order valence-corrected chi connectivity index (χ2v) is 9.39. The van der Waals surface area contributed by atoms with E-state index < -0.39 is 23.1 Å². The first-order valence-electron chi connectivity index (χ1n) is 11.1. The smallest absolute Gasteiger partial charge is 0.209 e. The van der Waals surface area contributed by atoms with Gasteiger partial charge in [-0.05, 0) is 91.1 Å². The fourth-order valence-corrected chi connectivity index (χ4v) is 5.05. The molecule has 0 aliphatic carbocycles. The van der Waals surface area contributed by atoms with E-state index in [-0.39, 0.29) is 5.56 Å². The van der Waals surface area contributed by atoms with Crippen molar-refractivity contribution in [3.05, 3.63) is 98.9 Å². The maximum Gasteiger partial charge on any atom is 0.209 e. The van der Waals surface area contributed by atoms with E-state index >= 15 is 0 Å².